The Morgan fingerprint density at radius 2 is 2.06 bits per heavy atom. The third-order valence-electron chi connectivity index (χ3n) is 4.30. The van der Waals surface area contributed by atoms with Crippen LogP contribution < -0.4 is 5.73 Å². The number of hydrogen-bond donors (Lipinski definition) is 1. The van der Waals surface area contributed by atoms with E-state index in [0.29, 0.717) is 18.5 Å². The van der Waals surface area contributed by atoms with Crippen LogP contribution in [0, 0.1) is 5.92 Å². The highest BCUT2D eigenvalue weighted by molar-refractivity contribution is 5.78. The van der Waals surface area contributed by atoms with Crippen LogP contribution in [0.2, 0.25) is 0 Å². The summed E-state index contributed by atoms with van der Waals surface area (Å²) < 4.78 is 0. The van der Waals surface area contributed by atoms with E-state index in [4.69, 9.17) is 5.73 Å². The summed E-state index contributed by atoms with van der Waals surface area (Å²) in [5, 5.41) is 0. The van der Waals surface area contributed by atoms with Gasteiger partial charge in [0.25, 0.3) is 0 Å². The van der Waals surface area contributed by atoms with Crippen molar-refractivity contribution < 1.29 is 4.79 Å². The van der Waals surface area contributed by atoms with E-state index in [9.17, 15) is 4.79 Å². The lowest BCUT2D eigenvalue weighted by atomic mass is 10.0. The maximum absolute atomic E-state index is 12.2. The molecule has 0 spiro atoms. The number of nitrogens with zero attached hydrogens (tertiary/aromatic N) is 2. The summed E-state index contributed by atoms with van der Waals surface area (Å²) in [5.41, 5.74) is 5.83. The second-order valence-corrected chi connectivity index (χ2v) is 5.66. The lowest BCUT2D eigenvalue weighted by molar-refractivity contribution is -0.133. The number of carbonyl (C=O) groups is 1. The molecule has 0 bridgehead atoms. The van der Waals surface area contributed by atoms with E-state index in [1.807, 2.05) is 25.8 Å². The first-order chi connectivity index (χ1) is 8.51. The van der Waals surface area contributed by atoms with Gasteiger partial charge < -0.3 is 10.6 Å². The maximum Gasteiger partial charge on any atom is 0.236 e. The van der Waals surface area contributed by atoms with Gasteiger partial charge in [0.15, 0.2) is 0 Å². The average Bonchev–Trinajstić information content (AvgIpc) is 2.82. The SMILES string of the molecule is CCN(CC(=O)N(C)C(C)C)C1CCCC1CN. The number of carbonyl (C=O) groups excluding carboxylic acids is 1. The smallest absolute Gasteiger partial charge is 0.236 e. The largest absolute Gasteiger partial charge is 0.342 e. The average molecular weight is 255 g/mol. The summed E-state index contributed by atoms with van der Waals surface area (Å²) in [5.74, 6) is 0.789. The van der Waals surface area contributed by atoms with Gasteiger partial charge in [0.05, 0.1) is 6.54 Å². The van der Waals surface area contributed by atoms with Gasteiger partial charge in [-0.1, -0.05) is 13.3 Å². The minimum atomic E-state index is 0.217. The van der Waals surface area contributed by atoms with Gasteiger partial charge in [-0.25, -0.2) is 0 Å². The molecule has 0 aromatic rings. The molecule has 0 aromatic heterocycles. The lowest BCUT2D eigenvalue weighted by Gasteiger charge is -2.33. The number of hydrogen-bond acceptors (Lipinski definition) is 3. The fourth-order valence-corrected chi connectivity index (χ4v) is 2.81. The Kier molecular flexibility index (Phi) is 6.09. The van der Waals surface area contributed by atoms with Crippen molar-refractivity contribution in [2.45, 2.75) is 52.1 Å². The second-order valence-electron chi connectivity index (χ2n) is 5.66. The van der Waals surface area contributed by atoms with Crippen LogP contribution in [0.5, 0.6) is 0 Å². The van der Waals surface area contributed by atoms with Gasteiger partial charge in [0, 0.05) is 19.1 Å². The summed E-state index contributed by atoms with van der Waals surface area (Å²) in [4.78, 5) is 16.3. The molecule has 4 heteroatoms. The van der Waals surface area contributed by atoms with Crippen molar-refractivity contribution >= 4 is 5.91 Å². The molecule has 1 saturated carbocycles. The van der Waals surface area contributed by atoms with E-state index in [0.717, 1.165) is 13.1 Å². The Morgan fingerprint density at radius 3 is 2.56 bits per heavy atom. The number of amides is 1. The fraction of sp³-hybridized carbons (Fsp3) is 0.929. The van der Waals surface area contributed by atoms with Crippen molar-refractivity contribution in [1.29, 1.82) is 0 Å². The predicted octanol–water partition coefficient (Wildman–Crippen LogP) is 1.30. The third kappa shape index (κ3) is 3.69. The summed E-state index contributed by atoms with van der Waals surface area (Å²) in [6.07, 6.45) is 3.65. The first-order valence-corrected chi connectivity index (χ1v) is 7.21. The summed E-state index contributed by atoms with van der Waals surface area (Å²) in [6.45, 7) is 8.44. The van der Waals surface area contributed by atoms with Crippen molar-refractivity contribution in [3.8, 4) is 0 Å². The van der Waals surface area contributed by atoms with E-state index in [2.05, 4.69) is 11.8 Å². The normalized spacial score (nSPS) is 23.9. The van der Waals surface area contributed by atoms with Crippen molar-refractivity contribution in [2.75, 3.05) is 26.7 Å². The van der Waals surface area contributed by atoms with E-state index in [-0.39, 0.29) is 11.9 Å². The monoisotopic (exact) mass is 255 g/mol. The molecule has 2 N–H and O–H groups in total. The molecular formula is C14H29N3O. The van der Waals surface area contributed by atoms with Gasteiger partial charge in [-0.15, -0.1) is 0 Å². The lowest BCUT2D eigenvalue weighted by Crippen LogP contribution is -2.47. The summed E-state index contributed by atoms with van der Waals surface area (Å²) in [6, 6.07) is 0.773. The maximum atomic E-state index is 12.2. The zero-order valence-electron chi connectivity index (χ0n) is 12.4. The van der Waals surface area contributed by atoms with Crippen LogP contribution >= 0.6 is 0 Å². The van der Waals surface area contributed by atoms with Crippen LogP contribution in [-0.4, -0.2) is 54.5 Å². The highest BCUT2D eigenvalue weighted by Crippen LogP contribution is 2.29. The van der Waals surface area contributed by atoms with Crippen LogP contribution in [0.15, 0.2) is 0 Å². The fourth-order valence-electron chi connectivity index (χ4n) is 2.81. The van der Waals surface area contributed by atoms with Gasteiger partial charge in [-0.2, -0.15) is 0 Å². The summed E-state index contributed by atoms with van der Waals surface area (Å²) >= 11 is 0. The Labute approximate surface area is 111 Å². The minimum absolute atomic E-state index is 0.217. The molecule has 1 aliphatic carbocycles. The van der Waals surface area contributed by atoms with Gasteiger partial charge in [0.1, 0.15) is 0 Å². The molecule has 106 valence electrons. The predicted molar refractivity (Wildman–Crippen MR) is 75.3 cm³/mol. The van der Waals surface area contributed by atoms with E-state index in [1.54, 1.807) is 0 Å². The quantitative estimate of drug-likeness (QED) is 0.778. The molecule has 0 heterocycles. The topological polar surface area (TPSA) is 49.6 Å². The molecule has 1 aliphatic rings. The molecule has 0 aromatic carbocycles. The standard InChI is InChI=1S/C14H29N3O/c1-5-17(10-14(18)16(4)11(2)3)13-8-6-7-12(13)9-15/h11-13H,5-10,15H2,1-4H3. The zero-order chi connectivity index (χ0) is 13.7. The molecular weight excluding hydrogens is 226 g/mol. The molecule has 4 nitrogen and oxygen atoms in total. The van der Waals surface area contributed by atoms with Crippen molar-refractivity contribution in [2.24, 2.45) is 11.7 Å². The second kappa shape index (κ2) is 7.10. The highest BCUT2D eigenvalue weighted by atomic mass is 16.2. The highest BCUT2D eigenvalue weighted by Gasteiger charge is 2.31. The number of nitrogens with two attached hydrogens (primary N) is 1. The summed E-state index contributed by atoms with van der Waals surface area (Å²) in [7, 11) is 1.88. The molecule has 2 unspecified atom stereocenters. The Balaban J connectivity index is 2.59. The van der Waals surface area contributed by atoms with Crippen LogP contribution in [0.3, 0.4) is 0 Å². The van der Waals surface area contributed by atoms with Crippen LogP contribution in [0.4, 0.5) is 0 Å². The molecule has 2 atom stereocenters. The van der Waals surface area contributed by atoms with Gasteiger partial charge in [-0.05, 0) is 45.7 Å². The molecule has 0 saturated heterocycles. The molecule has 18 heavy (non-hydrogen) atoms. The molecule has 1 rings (SSSR count). The van der Waals surface area contributed by atoms with Crippen LogP contribution in [0.1, 0.15) is 40.0 Å². The first-order valence-electron chi connectivity index (χ1n) is 7.21. The van der Waals surface area contributed by atoms with Crippen molar-refractivity contribution in [1.82, 2.24) is 9.80 Å². The van der Waals surface area contributed by atoms with Gasteiger partial charge in [-0.3, -0.25) is 9.69 Å². The van der Waals surface area contributed by atoms with E-state index >= 15 is 0 Å². The van der Waals surface area contributed by atoms with Gasteiger partial charge in [0.2, 0.25) is 5.91 Å². The minimum Gasteiger partial charge on any atom is -0.342 e. The van der Waals surface area contributed by atoms with Crippen molar-refractivity contribution in [3.05, 3.63) is 0 Å². The Bertz CT molecular complexity index is 268. The molecule has 0 radical (unpaired) electrons. The Morgan fingerprint density at radius 1 is 1.39 bits per heavy atom. The number of likely N-dealkylation sites (N-methyl/N-ethyl adjacent to an activating group) is 2. The van der Waals surface area contributed by atoms with E-state index in [1.165, 1.54) is 19.3 Å². The van der Waals surface area contributed by atoms with E-state index < -0.39 is 0 Å². The molecule has 0 aliphatic heterocycles. The van der Waals surface area contributed by atoms with Crippen molar-refractivity contribution in [3.63, 3.8) is 0 Å². The zero-order valence-corrected chi connectivity index (χ0v) is 12.4. The first kappa shape index (κ1) is 15.4. The third-order valence-corrected chi connectivity index (χ3v) is 4.30. The molecule has 1 amide bonds. The van der Waals surface area contributed by atoms with Crippen LogP contribution in [0.25, 0.3) is 0 Å². The van der Waals surface area contributed by atoms with Gasteiger partial charge >= 0.3 is 0 Å². The Hall–Kier alpha value is -0.610. The molecule has 1 fully saturated rings. The number of rotatable bonds is 6. The van der Waals surface area contributed by atoms with Crippen LogP contribution in [-0.2, 0) is 4.79 Å².